The molecular formula is C13H22. The van der Waals surface area contributed by atoms with Gasteiger partial charge in [0.25, 0.3) is 0 Å². The van der Waals surface area contributed by atoms with Gasteiger partial charge in [-0.15, -0.1) is 11.8 Å². The van der Waals surface area contributed by atoms with E-state index < -0.39 is 0 Å². The molecule has 0 N–H and O–H groups in total. The van der Waals surface area contributed by atoms with Crippen LogP contribution in [0, 0.1) is 23.7 Å². The number of unbranched alkanes of at least 4 members (excludes halogenated alkanes) is 1. The fourth-order valence-corrected chi connectivity index (χ4v) is 2.14. The molecule has 0 amide bonds. The Balaban J connectivity index is 2.17. The summed E-state index contributed by atoms with van der Waals surface area (Å²) in [6.07, 6.45) is 9.23. The lowest BCUT2D eigenvalue weighted by Crippen LogP contribution is -2.06. The first kappa shape index (κ1) is 10.6. The fraction of sp³-hybridized carbons (Fsp3) is 0.846. The lowest BCUT2D eigenvalue weighted by molar-refractivity contribution is 0.374. The molecule has 1 atom stereocenters. The molecule has 0 radical (unpaired) electrons. The Kier molecular flexibility index (Phi) is 4.98. The van der Waals surface area contributed by atoms with Crippen molar-refractivity contribution in [2.24, 2.45) is 11.8 Å². The van der Waals surface area contributed by atoms with Crippen molar-refractivity contribution in [3.63, 3.8) is 0 Å². The Labute approximate surface area is 83.1 Å². The molecule has 1 aliphatic rings. The van der Waals surface area contributed by atoms with E-state index in [1.165, 1.54) is 32.1 Å². The second kappa shape index (κ2) is 6.08. The van der Waals surface area contributed by atoms with Gasteiger partial charge in [-0.2, -0.15) is 0 Å². The summed E-state index contributed by atoms with van der Waals surface area (Å²) in [4.78, 5) is 0. The van der Waals surface area contributed by atoms with Crippen LogP contribution in [0.1, 0.15) is 58.8 Å². The molecule has 0 nitrogen and oxygen atoms in total. The SMILES string of the molecule is CCCC#CCC(C)C1CCCC1. The molecule has 1 aliphatic carbocycles. The van der Waals surface area contributed by atoms with E-state index in [0.29, 0.717) is 0 Å². The molecule has 0 aromatic carbocycles. The predicted octanol–water partition coefficient (Wildman–Crippen LogP) is 4.01. The lowest BCUT2D eigenvalue weighted by Gasteiger charge is -2.15. The van der Waals surface area contributed by atoms with Gasteiger partial charge in [0.1, 0.15) is 0 Å². The number of hydrogen-bond acceptors (Lipinski definition) is 0. The Morgan fingerprint density at radius 2 is 1.92 bits per heavy atom. The summed E-state index contributed by atoms with van der Waals surface area (Å²) < 4.78 is 0. The van der Waals surface area contributed by atoms with Crippen LogP contribution in [-0.4, -0.2) is 0 Å². The number of hydrogen-bond donors (Lipinski definition) is 0. The molecule has 0 aromatic heterocycles. The lowest BCUT2D eigenvalue weighted by atomic mass is 9.90. The molecule has 0 aromatic rings. The Morgan fingerprint density at radius 3 is 2.54 bits per heavy atom. The Morgan fingerprint density at radius 1 is 1.23 bits per heavy atom. The van der Waals surface area contributed by atoms with Gasteiger partial charge in [0, 0.05) is 12.8 Å². The molecule has 13 heavy (non-hydrogen) atoms. The van der Waals surface area contributed by atoms with Crippen molar-refractivity contribution in [3.8, 4) is 11.8 Å². The average molecular weight is 178 g/mol. The van der Waals surface area contributed by atoms with Crippen molar-refractivity contribution in [1.29, 1.82) is 0 Å². The van der Waals surface area contributed by atoms with Crippen LogP contribution in [-0.2, 0) is 0 Å². The van der Waals surface area contributed by atoms with Crippen LogP contribution in [0.4, 0.5) is 0 Å². The van der Waals surface area contributed by atoms with Gasteiger partial charge in [-0.25, -0.2) is 0 Å². The quantitative estimate of drug-likeness (QED) is 0.573. The van der Waals surface area contributed by atoms with Crippen LogP contribution < -0.4 is 0 Å². The third kappa shape index (κ3) is 3.85. The first-order valence-electron chi connectivity index (χ1n) is 5.80. The Hall–Kier alpha value is -0.440. The summed E-state index contributed by atoms with van der Waals surface area (Å²) in [5.74, 6) is 8.37. The summed E-state index contributed by atoms with van der Waals surface area (Å²) in [7, 11) is 0. The highest BCUT2D eigenvalue weighted by molar-refractivity contribution is 5.00. The highest BCUT2D eigenvalue weighted by Crippen LogP contribution is 2.32. The van der Waals surface area contributed by atoms with Gasteiger partial charge in [0.15, 0.2) is 0 Å². The van der Waals surface area contributed by atoms with E-state index >= 15 is 0 Å². The summed E-state index contributed by atoms with van der Waals surface area (Å²) in [5.41, 5.74) is 0. The second-order valence-corrected chi connectivity index (χ2v) is 4.33. The molecule has 0 spiro atoms. The van der Waals surface area contributed by atoms with E-state index in [0.717, 1.165) is 24.7 Å². The standard InChI is InChI=1S/C13H22/c1-3-4-5-6-9-12(2)13-10-7-8-11-13/h12-13H,3-4,7-11H2,1-2H3. The normalized spacial score (nSPS) is 19.5. The van der Waals surface area contributed by atoms with E-state index in [1.54, 1.807) is 0 Å². The molecule has 0 heterocycles. The molecule has 0 aliphatic heterocycles. The smallest absolute Gasteiger partial charge is 0.0117 e. The van der Waals surface area contributed by atoms with Gasteiger partial charge in [0.2, 0.25) is 0 Å². The third-order valence-corrected chi connectivity index (χ3v) is 3.13. The molecular weight excluding hydrogens is 156 g/mol. The molecule has 1 unspecified atom stereocenters. The molecule has 0 bridgehead atoms. The molecule has 0 saturated heterocycles. The highest BCUT2D eigenvalue weighted by Gasteiger charge is 2.20. The predicted molar refractivity (Wildman–Crippen MR) is 58.4 cm³/mol. The molecule has 1 saturated carbocycles. The minimum atomic E-state index is 0.840. The maximum Gasteiger partial charge on any atom is 0.0117 e. The monoisotopic (exact) mass is 178 g/mol. The zero-order valence-electron chi connectivity index (χ0n) is 9.10. The van der Waals surface area contributed by atoms with Crippen LogP contribution >= 0.6 is 0 Å². The van der Waals surface area contributed by atoms with Crippen LogP contribution in [0.5, 0.6) is 0 Å². The van der Waals surface area contributed by atoms with E-state index in [1.807, 2.05) is 0 Å². The van der Waals surface area contributed by atoms with Gasteiger partial charge in [-0.3, -0.25) is 0 Å². The maximum absolute atomic E-state index is 3.31. The minimum Gasteiger partial charge on any atom is -0.103 e. The zero-order valence-corrected chi connectivity index (χ0v) is 9.10. The van der Waals surface area contributed by atoms with Crippen molar-refractivity contribution in [2.45, 2.75) is 58.8 Å². The molecule has 1 fully saturated rings. The van der Waals surface area contributed by atoms with Crippen molar-refractivity contribution in [1.82, 2.24) is 0 Å². The van der Waals surface area contributed by atoms with E-state index in [2.05, 4.69) is 25.7 Å². The maximum atomic E-state index is 3.31. The number of rotatable bonds is 3. The van der Waals surface area contributed by atoms with Gasteiger partial charge < -0.3 is 0 Å². The zero-order chi connectivity index (χ0) is 9.52. The van der Waals surface area contributed by atoms with Crippen LogP contribution in [0.15, 0.2) is 0 Å². The van der Waals surface area contributed by atoms with Crippen molar-refractivity contribution < 1.29 is 0 Å². The second-order valence-electron chi connectivity index (χ2n) is 4.33. The van der Waals surface area contributed by atoms with Crippen LogP contribution in [0.2, 0.25) is 0 Å². The van der Waals surface area contributed by atoms with Gasteiger partial charge in [-0.1, -0.05) is 39.5 Å². The highest BCUT2D eigenvalue weighted by atomic mass is 14.2. The molecule has 74 valence electrons. The summed E-state index contributed by atoms with van der Waals surface area (Å²) >= 11 is 0. The minimum absolute atomic E-state index is 0.840. The molecule has 0 heteroatoms. The average Bonchev–Trinajstić information content (AvgIpc) is 2.65. The first-order chi connectivity index (χ1) is 6.34. The van der Waals surface area contributed by atoms with Crippen LogP contribution in [0.3, 0.4) is 0 Å². The third-order valence-electron chi connectivity index (χ3n) is 3.13. The van der Waals surface area contributed by atoms with E-state index in [-0.39, 0.29) is 0 Å². The Bertz CT molecular complexity index is 176. The van der Waals surface area contributed by atoms with Crippen molar-refractivity contribution in [3.05, 3.63) is 0 Å². The van der Waals surface area contributed by atoms with Crippen molar-refractivity contribution in [2.75, 3.05) is 0 Å². The van der Waals surface area contributed by atoms with Gasteiger partial charge in [-0.05, 0) is 18.3 Å². The van der Waals surface area contributed by atoms with E-state index in [4.69, 9.17) is 0 Å². The fourth-order valence-electron chi connectivity index (χ4n) is 2.14. The first-order valence-corrected chi connectivity index (χ1v) is 5.80. The van der Waals surface area contributed by atoms with Gasteiger partial charge >= 0.3 is 0 Å². The summed E-state index contributed by atoms with van der Waals surface area (Å²) in [6, 6.07) is 0. The van der Waals surface area contributed by atoms with Crippen molar-refractivity contribution >= 4 is 0 Å². The summed E-state index contributed by atoms with van der Waals surface area (Å²) in [6.45, 7) is 4.56. The van der Waals surface area contributed by atoms with Crippen LogP contribution in [0.25, 0.3) is 0 Å². The largest absolute Gasteiger partial charge is 0.103 e. The van der Waals surface area contributed by atoms with E-state index in [9.17, 15) is 0 Å². The molecule has 1 rings (SSSR count). The topological polar surface area (TPSA) is 0 Å². The summed E-state index contributed by atoms with van der Waals surface area (Å²) in [5, 5.41) is 0. The van der Waals surface area contributed by atoms with Gasteiger partial charge in [0.05, 0.1) is 0 Å².